The van der Waals surface area contributed by atoms with Gasteiger partial charge in [-0.25, -0.2) is 0 Å². The van der Waals surface area contributed by atoms with Crippen LogP contribution in [0.3, 0.4) is 0 Å². The molecule has 6 heteroatoms. The van der Waals surface area contributed by atoms with Gasteiger partial charge in [0.2, 0.25) is 0 Å². The van der Waals surface area contributed by atoms with Crippen molar-refractivity contribution >= 4 is 44.7 Å². The summed E-state index contributed by atoms with van der Waals surface area (Å²) in [7, 11) is 1.67. The molecule has 0 fully saturated rings. The Morgan fingerprint density at radius 2 is 1.38 bits per heavy atom. The number of amides is 1. The summed E-state index contributed by atoms with van der Waals surface area (Å²) < 4.78 is 11.0. The Morgan fingerprint density at radius 3 is 1.89 bits per heavy atom. The number of carbonyl (C=O) groups excluding carboxylic acids is 1. The number of fused-ring (bicyclic) bond motifs is 1. The van der Waals surface area contributed by atoms with Gasteiger partial charge >= 0.3 is 224 Å². The van der Waals surface area contributed by atoms with Gasteiger partial charge < -0.3 is 0 Å². The number of benzene rings is 4. The zero-order valence-electron chi connectivity index (χ0n) is 20.9. The van der Waals surface area contributed by atoms with E-state index in [-0.39, 0.29) is 12.5 Å². The maximum atomic E-state index is 12.8. The predicted octanol–water partition coefficient (Wildman–Crippen LogP) is 5.63. The fraction of sp³-hybridized carbons (Fsp3) is 0.194. The number of rotatable bonds is 9. The van der Waals surface area contributed by atoms with E-state index >= 15 is 0 Å². The van der Waals surface area contributed by atoms with E-state index in [2.05, 4.69) is 84.9 Å². The molecule has 0 saturated carbocycles. The van der Waals surface area contributed by atoms with Crippen LogP contribution in [0.4, 0.5) is 5.69 Å². The Bertz CT molecular complexity index is 1270. The van der Waals surface area contributed by atoms with Crippen molar-refractivity contribution in [2.24, 2.45) is 0 Å². The molecule has 1 aliphatic heterocycles. The third kappa shape index (κ3) is 4.66. The molecule has 0 aliphatic carbocycles. The number of hydrogen-bond acceptors (Lipinski definition) is 3. The van der Waals surface area contributed by atoms with E-state index in [0.29, 0.717) is 19.3 Å². The molecule has 4 aromatic carbocycles. The fourth-order valence-electron chi connectivity index (χ4n) is 5.24. The standard InChI is InChI=1S/C31H31ClNO3P/c1-35-21-11-20-33-29-22-25(18-19-30(29)36-23-31(33)34)24-37(32,26-12-5-2-6-13-26,27-14-7-3-8-15-27)28-16-9-4-10-17-28/h2-10,12-19,22H,11,20-21,23-24H2,1H3. The van der Waals surface area contributed by atoms with Crippen LogP contribution in [0.1, 0.15) is 12.0 Å². The molecule has 0 bridgehead atoms. The van der Waals surface area contributed by atoms with Gasteiger partial charge in [-0.05, 0) is 0 Å². The summed E-state index contributed by atoms with van der Waals surface area (Å²) in [5, 5.41) is 3.32. The number of carbonyl (C=O) groups is 1. The van der Waals surface area contributed by atoms with E-state index in [9.17, 15) is 4.79 Å². The van der Waals surface area contributed by atoms with Crippen LogP contribution < -0.4 is 25.6 Å². The minimum absolute atomic E-state index is 0.0432. The first-order valence-corrected chi connectivity index (χ1v) is 15.8. The third-order valence-corrected chi connectivity index (χ3v) is 14.3. The van der Waals surface area contributed by atoms with E-state index in [1.807, 2.05) is 29.2 Å². The fourth-order valence-corrected chi connectivity index (χ4v) is 11.4. The average Bonchev–Trinajstić information content (AvgIpc) is 2.96. The van der Waals surface area contributed by atoms with Crippen LogP contribution in [0, 0.1) is 0 Å². The molecule has 37 heavy (non-hydrogen) atoms. The van der Waals surface area contributed by atoms with Crippen molar-refractivity contribution in [3.05, 3.63) is 115 Å². The van der Waals surface area contributed by atoms with Crippen molar-refractivity contribution < 1.29 is 14.3 Å². The molecular formula is C31H31ClNO3P. The van der Waals surface area contributed by atoms with Crippen LogP contribution in [0.15, 0.2) is 109 Å². The number of ether oxygens (including phenoxy) is 2. The second-order valence-electron chi connectivity index (χ2n) is 9.33. The summed E-state index contributed by atoms with van der Waals surface area (Å²) in [5.41, 5.74) is 1.85. The first kappa shape index (κ1) is 25.5. The quantitative estimate of drug-likeness (QED) is 0.207. The predicted molar refractivity (Wildman–Crippen MR) is 155 cm³/mol. The Balaban J connectivity index is 1.69. The van der Waals surface area contributed by atoms with E-state index in [4.69, 9.17) is 20.7 Å². The summed E-state index contributed by atoms with van der Waals surface area (Å²) in [6.45, 7) is 1.22. The molecule has 1 aliphatic rings. The first-order chi connectivity index (χ1) is 18.0. The summed E-state index contributed by atoms with van der Waals surface area (Å²) in [4.78, 5) is 14.6. The van der Waals surface area contributed by atoms with Crippen molar-refractivity contribution in [3.8, 4) is 5.75 Å². The molecule has 0 saturated heterocycles. The second kappa shape index (κ2) is 10.7. The average molecular weight is 532 g/mol. The molecular weight excluding hydrogens is 501 g/mol. The number of anilines is 1. The minimum atomic E-state index is -3.49. The molecule has 0 unspecified atom stereocenters. The summed E-state index contributed by atoms with van der Waals surface area (Å²) >= 11 is 8.26. The van der Waals surface area contributed by atoms with Crippen molar-refractivity contribution in [3.63, 3.8) is 0 Å². The molecule has 0 N–H and O–H groups in total. The van der Waals surface area contributed by atoms with Crippen LogP contribution in [0.25, 0.3) is 0 Å². The van der Waals surface area contributed by atoms with Gasteiger partial charge in [-0.15, -0.1) is 0 Å². The second-order valence-corrected chi connectivity index (χ2v) is 15.8. The van der Waals surface area contributed by atoms with Crippen molar-refractivity contribution in [2.75, 3.05) is 31.8 Å². The molecule has 1 amide bonds. The number of nitrogens with zero attached hydrogens (tertiary/aromatic N) is 1. The molecule has 4 aromatic rings. The monoisotopic (exact) mass is 531 g/mol. The third-order valence-electron chi connectivity index (χ3n) is 7.06. The van der Waals surface area contributed by atoms with Gasteiger partial charge in [0.05, 0.1) is 0 Å². The van der Waals surface area contributed by atoms with Gasteiger partial charge in [-0.1, -0.05) is 0 Å². The Morgan fingerprint density at radius 1 is 0.838 bits per heavy atom. The van der Waals surface area contributed by atoms with Crippen LogP contribution in [-0.2, 0) is 15.7 Å². The Hall–Kier alpha value is -3.17. The van der Waals surface area contributed by atoms with Gasteiger partial charge in [0.25, 0.3) is 0 Å². The van der Waals surface area contributed by atoms with E-state index in [1.165, 1.54) is 0 Å². The van der Waals surface area contributed by atoms with Crippen LogP contribution in [0.5, 0.6) is 5.75 Å². The molecule has 0 spiro atoms. The van der Waals surface area contributed by atoms with Crippen LogP contribution in [0.2, 0.25) is 0 Å². The first-order valence-electron chi connectivity index (χ1n) is 12.5. The van der Waals surface area contributed by atoms with Crippen molar-refractivity contribution in [1.82, 2.24) is 0 Å². The number of hydrogen-bond donors (Lipinski definition) is 0. The molecule has 5 rings (SSSR count). The Kier molecular flexibility index (Phi) is 7.35. The van der Waals surface area contributed by atoms with E-state index in [1.54, 1.807) is 7.11 Å². The molecule has 0 atom stereocenters. The molecule has 190 valence electrons. The molecule has 0 radical (unpaired) electrons. The SMILES string of the molecule is COCCCN1C(=O)COc2ccc(CP(Cl)(c3ccccc3)(c3ccccc3)c3ccccc3)cc21. The van der Waals surface area contributed by atoms with Crippen LogP contribution >= 0.6 is 17.2 Å². The van der Waals surface area contributed by atoms with Crippen molar-refractivity contribution in [1.29, 1.82) is 0 Å². The molecule has 1 heterocycles. The summed E-state index contributed by atoms with van der Waals surface area (Å²) in [5.74, 6) is -2.82. The number of halogens is 1. The maximum absolute atomic E-state index is 12.8. The van der Waals surface area contributed by atoms with Gasteiger partial charge in [0.15, 0.2) is 0 Å². The summed E-state index contributed by atoms with van der Waals surface area (Å²) in [6, 6.07) is 37.4. The number of methoxy groups -OCH3 is 1. The normalized spacial score (nSPS) is 14.4. The topological polar surface area (TPSA) is 38.8 Å². The Labute approximate surface area is 223 Å². The van der Waals surface area contributed by atoms with E-state index < -0.39 is 5.96 Å². The summed E-state index contributed by atoms with van der Waals surface area (Å²) in [6.07, 6.45) is 1.34. The van der Waals surface area contributed by atoms with Gasteiger partial charge in [0.1, 0.15) is 0 Å². The van der Waals surface area contributed by atoms with Crippen LogP contribution in [-0.4, -0.2) is 32.8 Å². The zero-order chi connectivity index (χ0) is 25.7. The molecule has 0 aromatic heterocycles. The zero-order valence-corrected chi connectivity index (χ0v) is 22.6. The van der Waals surface area contributed by atoms with Gasteiger partial charge in [-0.3, -0.25) is 0 Å². The van der Waals surface area contributed by atoms with Gasteiger partial charge in [0, 0.05) is 0 Å². The van der Waals surface area contributed by atoms with E-state index in [0.717, 1.165) is 39.3 Å². The molecule has 4 nitrogen and oxygen atoms in total. The van der Waals surface area contributed by atoms with Gasteiger partial charge in [-0.2, -0.15) is 0 Å². The van der Waals surface area contributed by atoms with Crippen molar-refractivity contribution in [2.45, 2.75) is 12.6 Å².